The Morgan fingerprint density at radius 2 is 1.76 bits per heavy atom. The van der Waals surface area contributed by atoms with Crippen molar-refractivity contribution >= 4 is 23.2 Å². The van der Waals surface area contributed by atoms with E-state index in [0.29, 0.717) is 10.7 Å². The lowest BCUT2D eigenvalue weighted by Crippen LogP contribution is -1.89. The molecule has 0 aliphatic heterocycles. The van der Waals surface area contributed by atoms with Crippen molar-refractivity contribution in [2.24, 2.45) is 0 Å². The third kappa shape index (κ3) is 2.28. The first-order valence-corrected chi connectivity index (χ1v) is 6.28. The van der Waals surface area contributed by atoms with Crippen LogP contribution in [0.25, 0.3) is 11.3 Å². The maximum absolute atomic E-state index is 6.06. The Bertz CT molecular complexity index is 548. The molecule has 0 unspecified atom stereocenters. The van der Waals surface area contributed by atoms with Crippen LogP contribution in [0.5, 0.6) is 0 Å². The summed E-state index contributed by atoms with van der Waals surface area (Å²) in [6.07, 6.45) is 4.14. The molecular formula is C13H10Cl2N2. The van der Waals surface area contributed by atoms with Crippen LogP contribution in [-0.2, 0) is 0 Å². The van der Waals surface area contributed by atoms with Crippen LogP contribution in [0.4, 0.5) is 0 Å². The van der Waals surface area contributed by atoms with Gasteiger partial charge >= 0.3 is 0 Å². The third-order valence-electron chi connectivity index (χ3n) is 2.95. The fraction of sp³-hybridized carbons (Fsp3) is 0.231. The maximum atomic E-state index is 6.06. The zero-order valence-electron chi connectivity index (χ0n) is 9.03. The lowest BCUT2D eigenvalue weighted by Gasteiger charge is -2.04. The van der Waals surface area contributed by atoms with Crippen LogP contribution in [0.15, 0.2) is 30.5 Å². The van der Waals surface area contributed by atoms with E-state index in [2.05, 4.69) is 22.1 Å². The van der Waals surface area contributed by atoms with Crippen LogP contribution < -0.4 is 0 Å². The highest BCUT2D eigenvalue weighted by Crippen LogP contribution is 2.40. The Hall–Kier alpha value is -1.12. The summed E-state index contributed by atoms with van der Waals surface area (Å²) in [4.78, 5) is 8.00. The quantitative estimate of drug-likeness (QED) is 0.755. The molecule has 1 saturated carbocycles. The van der Waals surface area contributed by atoms with Gasteiger partial charge in [-0.25, -0.2) is 9.97 Å². The molecule has 0 saturated heterocycles. The summed E-state index contributed by atoms with van der Waals surface area (Å²) in [5, 5.41) is 0.740. The van der Waals surface area contributed by atoms with Crippen LogP contribution in [0.3, 0.4) is 0 Å². The average Bonchev–Trinajstić information content (AvgIpc) is 3.17. The van der Waals surface area contributed by atoms with Crippen molar-refractivity contribution in [2.75, 3.05) is 0 Å². The smallest absolute Gasteiger partial charge is 0.222 e. The lowest BCUT2D eigenvalue weighted by atomic mass is 10.1. The van der Waals surface area contributed by atoms with Gasteiger partial charge in [0, 0.05) is 5.56 Å². The van der Waals surface area contributed by atoms with Gasteiger partial charge in [0.05, 0.1) is 16.9 Å². The van der Waals surface area contributed by atoms with Gasteiger partial charge in [0.15, 0.2) is 0 Å². The van der Waals surface area contributed by atoms with E-state index in [-0.39, 0.29) is 5.28 Å². The van der Waals surface area contributed by atoms with Gasteiger partial charge < -0.3 is 0 Å². The number of benzene rings is 1. The second kappa shape index (κ2) is 4.28. The van der Waals surface area contributed by atoms with Crippen molar-refractivity contribution in [1.29, 1.82) is 0 Å². The predicted molar refractivity (Wildman–Crippen MR) is 69.5 cm³/mol. The van der Waals surface area contributed by atoms with Crippen molar-refractivity contribution in [3.63, 3.8) is 0 Å². The fourth-order valence-corrected chi connectivity index (χ4v) is 2.21. The number of halogens is 2. The largest absolute Gasteiger partial charge is 0.225 e. The summed E-state index contributed by atoms with van der Waals surface area (Å²) in [5.74, 6) is 0.758. The van der Waals surface area contributed by atoms with Gasteiger partial charge in [0.25, 0.3) is 0 Å². The third-order valence-corrected chi connectivity index (χ3v) is 3.41. The Balaban J connectivity index is 1.99. The molecule has 1 aromatic carbocycles. The minimum absolute atomic E-state index is 0.218. The number of hydrogen-bond donors (Lipinski definition) is 0. The predicted octanol–water partition coefficient (Wildman–Crippen LogP) is 4.33. The molecule has 2 aromatic rings. The number of hydrogen-bond acceptors (Lipinski definition) is 2. The Labute approximate surface area is 110 Å². The second-order valence-corrected chi connectivity index (χ2v) is 4.98. The van der Waals surface area contributed by atoms with Gasteiger partial charge in [-0.3, -0.25) is 0 Å². The van der Waals surface area contributed by atoms with Crippen LogP contribution in [0, 0.1) is 0 Å². The zero-order chi connectivity index (χ0) is 11.8. The molecule has 0 spiro atoms. The van der Waals surface area contributed by atoms with Crippen molar-refractivity contribution in [3.05, 3.63) is 46.3 Å². The molecule has 1 fully saturated rings. The topological polar surface area (TPSA) is 25.8 Å². The Morgan fingerprint density at radius 1 is 1.06 bits per heavy atom. The summed E-state index contributed by atoms with van der Waals surface area (Å²) in [6, 6.07) is 8.36. The highest BCUT2D eigenvalue weighted by molar-refractivity contribution is 6.33. The Kier molecular flexibility index (Phi) is 2.77. The van der Waals surface area contributed by atoms with Gasteiger partial charge in [-0.2, -0.15) is 0 Å². The molecule has 86 valence electrons. The number of rotatable bonds is 2. The van der Waals surface area contributed by atoms with E-state index < -0.39 is 0 Å². The van der Waals surface area contributed by atoms with Gasteiger partial charge in [-0.15, -0.1) is 0 Å². The monoisotopic (exact) mass is 264 g/mol. The van der Waals surface area contributed by atoms with E-state index in [1.165, 1.54) is 24.6 Å². The molecule has 0 amide bonds. The van der Waals surface area contributed by atoms with Crippen molar-refractivity contribution < 1.29 is 0 Å². The van der Waals surface area contributed by atoms with Crippen molar-refractivity contribution in [2.45, 2.75) is 18.8 Å². The fourth-order valence-electron chi connectivity index (χ4n) is 1.88. The standard InChI is InChI=1S/C13H10Cl2N2/c14-11-7-16-13(15)17-12(11)10-5-3-9(4-6-10)8-1-2-8/h3-8H,1-2H2. The minimum Gasteiger partial charge on any atom is -0.225 e. The molecule has 0 N–H and O–H groups in total. The summed E-state index contributed by atoms with van der Waals surface area (Å²) in [7, 11) is 0. The van der Waals surface area contributed by atoms with E-state index >= 15 is 0 Å². The molecule has 0 atom stereocenters. The molecule has 0 radical (unpaired) electrons. The van der Waals surface area contributed by atoms with E-state index in [4.69, 9.17) is 23.2 Å². The highest BCUT2D eigenvalue weighted by atomic mass is 35.5. The van der Waals surface area contributed by atoms with Crippen molar-refractivity contribution in [1.82, 2.24) is 9.97 Å². The molecular weight excluding hydrogens is 255 g/mol. The molecule has 1 aliphatic rings. The van der Waals surface area contributed by atoms with Crippen LogP contribution in [0.1, 0.15) is 24.3 Å². The zero-order valence-corrected chi connectivity index (χ0v) is 10.5. The first-order chi connectivity index (χ1) is 8.24. The van der Waals surface area contributed by atoms with Gasteiger partial charge in [-0.1, -0.05) is 35.9 Å². The maximum Gasteiger partial charge on any atom is 0.222 e. The average molecular weight is 265 g/mol. The summed E-state index contributed by atoms with van der Waals surface area (Å²) < 4.78 is 0. The second-order valence-electron chi connectivity index (χ2n) is 4.23. The molecule has 4 heteroatoms. The summed E-state index contributed by atoms with van der Waals surface area (Å²) in [6.45, 7) is 0. The van der Waals surface area contributed by atoms with E-state index in [9.17, 15) is 0 Å². The van der Waals surface area contributed by atoms with E-state index in [0.717, 1.165) is 11.5 Å². The summed E-state index contributed by atoms with van der Waals surface area (Å²) >= 11 is 11.8. The molecule has 1 aromatic heterocycles. The van der Waals surface area contributed by atoms with Gasteiger partial charge in [-0.05, 0) is 35.9 Å². The molecule has 17 heavy (non-hydrogen) atoms. The van der Waals surface area contributed by atoms with Gasteiger partial charge in [0.1, 0.15) is 0 Å². The van der Waals surface area contributed by atoms with Crippen LogP contribution >= 0.6 is 23.2 Å². The highest BCUT2D eigenvalue weighted by Gasteiger charge is 2.23. The van der Waals surface area contributed by atoms with E-state index in [1.807, 2.05) is 12.1 Å². The normalized spacial score (nSPS) is 14.9. The first-order valence-electron chi connectivity index (χ1n) is 5.52. The number of nitrogens with zero attached hydrogens (tertiary/aromatic N) is 2. The molecule has 0 bridgehead atoms. The van der Waals surface area contributed by atoms with Crippen molar-refractivity contribution in [3.8, 4) is 11.3 Å². The van der Waals surface area contributed by atoms with Gasteiger partial charge in [0.2, 0.25) is 5.28 Å². The molecule has 1 heterocycles. The summed E-state index contributed by atoms with van der Waals surface area (Å²) in [5.41, 5.74) is 3.06. The molecule has 1 aliphatic carbocycles. The SMILES string of the molecule is Clc1ncc(Cl)c(-c2ccc(C3CC3)cc2)n1. The first kappa shape index (κ1) is 11.0. The Morgan fingerprint density at radius 3 is 2.41 bits per heavy atom. The van der Waals surface area contributed by atoms with E-state index in [1.54, 1.807) is 0 Å². The van der Waals surface area contributed by atoms with Crippen LogP contribution in [0.2, 0.25) is 10.3 Å². The molecule has 3 rings (SSSR count). The number of aromatic nitrogens is 2. The van der Waals surface area contributed by atoms with Crippen LogP contribution in [-0.4, -0.2) is 9.97 Å². The minimum atomic E-state index is 0.218. The molecule has 2 nitrogen and oxygen atoms in total. The lowest BCUT2D eigenvalue weighted by molar-refractivity contribution is 1.13.